The predicted octanol–water partition coefficient (Wildman–Crippen LogP) is 3.95. The van der Waals surface area contributed by atoms with Crippen LogP contribution in [0.1, 0.15) is 38.1 Å². The van der Waals surface area contributed by atoms with Gasteiger partial charge in [-0.15, -0.1) is 0 Å². The first-order valence-electron chi connectivity index (χ1n) is 7.59. The number of fused-ring (bicyclic) bond motifs is 1. The van der Waals surface area contributed by atoms with Crippen molar-refractivity contribution in [3.05, 3.63) is 35.9 Å². The number of rotatable bonds is 3. The van der Waals surface area contributed by atoms with Gasteiger partial charge in [0, 0.05) is 22.4 Å². The summed E-state index contributed by atoms with van der Waals surface area (Å²) in [5.41, 5.74) is 0.779. The maximum atomic E-state index is 11.9. The van der Waals surface area contributed by atoms with E-state index in [1.807, 2.05) is 13.8 Å². The molecule has 0 radical (unpaired) electrons. The standard InChI is InChI=1S/C16H17NO4.C2H6/c1-9(2)15(19)17-13-6-4-5-11-12(13)7-10(8-14(11)18)16(20)21-3;1-2/h4-9,18H,1-3H3,(H,17,19);1-2H3. The van der Waals surface area contributed by atoms with E-state index in [9.17, 15) is 14.7 Å². The molecule has 0 saturated carbocycles. The Labute approximate surface area is 136 Å². The van der Waals surface area contributed by atoms with Crippen LogP contribution in [0.5, 0.6) is 5.75 Å². The molecule has 2 rings (SSSR count). The number of hydrogen-bond donors (Lipinski definition) is 2. The highest BCUT2D eigenvalue weighted by molar-refractivity contribution is 6.07. The first kappa shape index (κ1) is 18.5. The minimum absolute atomic E-state index is 0.0338. The van der Waals surface area contributed by atoms with Crippen LogP contribution in [0.15, 0.2) is 30.3 Å². The molecule has 0 aromatic heterocycles. The van der Waals surface area contributed by atoms with Gasteiger partial charge < -0.3 is 15.2 Å². The molecule has 0 fully saturated rings. The van der Waals surface area contributed by atoms with E-state index in [0.717, 1.165) is 0 Å². The summed E-state index contributed by atoms with van der Waals surface area (Å²) >= 11 is 0. The lowest BCUT2D eigenvalue weighted by Crippen LogP contribution is -2.17. The van der Waals surface area contributed by atoms with Gasteiger partial charge in [-0.3, -0.25) is 4.79 Å². The normalized spacial score (nSPS) is 10.0. The number of aromatic hydroxyl groups is 1. The molecule has 23 heavy (non-hydrogen) atoms. The molecule has 0 aliphatic rings. The molecule has 5 heteroatoms. The molecule has 0 aliphatic carbocycles. The number of carbonyl (C=O) groups is 2. The van der Waals surface area contributed by atoms with Gasteiger partial charge >= 0.3 is 5.97 Å². The van der Waals surface area contributed by atoms with Crippen LogP contribution in [0.4, 0.5) is 5.69 Å². The number of methoxy groups -OCH3 is 1. The Balaban J connectivity index is 0.00000127. The van der Waals surface area contributed by atoms with Crippen molar-refractivity contribution < 1.29 is 19.4 Å². The number of ether oxygens (including phenoxy) is 1. The van der Waals surface area contributed by atoms with E-state index in [-0.39, 0.29) is 23.1 Å². The van der Waals surface area contributed by atoms with Gasteiger partial charge in [0.05, 0.1) is 12.7 Å². The van der Waals surface area contributed by atoms with Crippen molar-refractivity contribution in [3.63, 3.8) is 0 Å². The molecular formula is C18H23NO4. The SMILES string of the molecule is CC.COC(=O)c1cc(O)c2cccc(NC(=O)C(C)C)c2c1. The van der Waals surface area contributed by atoms with E-state index in [2.05, 4.69) is 10.1 Å². The Morgan fingerprint density at radius 3 is 2.35 bits per heavy atom. The number of phenols is 1. The average molecular weight is 317 g/mol. The number of anilines is 1. The third-order valence-electron chi connectivity index (χ3n) is 3.18. The molecule has 2 aromatic carbocycles. The zero-order valence-electron chi connectivity index (χ0n) is 14.1. The van der Waals surface area contributed by atoms with Crippen LogP contribution in [0.25, 0.3) is 10.8 Å². The first-order valence-corrected chi connectivity index (χ1v) is 7.59. The highest BCUT2D eigenvalue weighted by Gasteiger charge is 2.14. The third-order valence-corrected chi connectivity index (χ3v) is 3.18. The van der Waals surface area contributed by atoms with Gasteiger partial charge in [0.2, 0.25) is 5.91 Å². The molecule has 0 saturated heterocycles. The Hall–Kier alpha value is -2.56. The first-order chi connectivity index (χ1) is 10.9. The predicted molar refractivity (Wildman–Crippen MR) is 91.8 cm³/mol. The molecule has 124 valence electrons. The molecule has 2 N–H and O–H groups in total. The topological polar surface area (TPSA) is 75.6 Å². The summed E-state index contributed by atoms with van der Waals surface area (Å²) in [4.78, 5) is 23.5. The Morgan fingerprint density at radius 2 is 1.78 bits per heavy atom. The quantitative estimate of drug-likeness (QED) is 0.840. The zero-order valence-corrected chi connectivity index (χ0v) is 14.1. The molecule has 0 bridgehead atoms. The molecule has 0 atom stereocenters. The second kappa shape index (κ2) is 8.17. The van der Waals surface area contributed by atoms with Crippen molar-refractivity contribution in [2.75, 3.05) is 12.4 Å². The van der Waals surface area contributed by atoms with Gasteiger partial charge in [0.1, 0.15) is 5.75 Å². The molecule has 0 aliphatic heterocycles. The highest BCUT2D eigenvalue weighted by Crippen LogP contribution is 2.32. The summed E-state index contributed by atoms with van der Waals surface area (Å²) in [6, 6.07) is 8.12. The van der Waals surface area contributed by atoms with E-state index in [1.165, 1.54) is 13.2 Å². The molecule has 0 heterocycles. The summed E-state index contributed by atoms with van der Waals surface area (Å²) in [7, 11) is 1.27. The van der Waals surface area contributed by atoms with Crippen LogP contribution in [0, 0.1) is 5.92 Å². The fourth-order valence-electron chi connectivity index (χ4n) is 1.99. The van der Waals surface area contributed by atoms with Crippen molar-refractivity contribution in [2.24, 2.45) is 5.92 Å². The van der Waals surface area contributed by atoms with Crippen molar-refractivity contribution in [1.29, 1.82) is 0 Å². The van der Waals surface area contributed by atoms with E-state index in [1.54, 1.807) is 38.1 Å². The lowest BCUT2D eigenvalue weighted by molar-refractivity contribution is -0.118. The van der Waals surface area contributed by atoms with E-state index >= 15 is 0 Å². The summed E-state index contributed by atoms with van der Waals surface area (Å²) < 4.78 is 4.66. The summed E-state index contributed by atoms with van der Waals surface area (Å²) in [5, 5.41) is 14.0. The van der Waals surface area contributed by atoms with E-state index < -0.39 is 5.97 Å². The van der Waals surface area contributed by atoms with Gasteiger partial charge in [-0.1, -0.05) is 39.8 Å². The monoisotopic (exact) mass is 317 g/mol. The number of carbonyl (C=O) groups excluding carboxylic acids is 2. The van der Waals surface area contributed by atoms with Gasteiger partial charge in [-0.25, -0.2) is 4.79 Å². The second-order valence-corrected chi connectivity index (χ2v) is 5.03. The Morgan fingerprint density at radius 1 is 1.13 bits per heavy atom. The van der Waals surface area contributed by atoms with Gasteiger partial charge in [0.15, 0.2) is 0 Å². The van der Waals surface area contributed by atoms with Crippen molar-refractivity contribution in [1.82, 2.24) is 0 Å². The molecule has 2 aromatic rings. The van der Waals surface area contributed by atoms with Gasteiger partial charge in [0.25, 0.3) is 0 Å². The fourth-order valence-corrected chi connectivity index (χ4v) is 1.99. The second-order valence-electron chi connectivity index (χ2n) is 5.03. The van der Waals surface area contributed by atoms with Gasteiger partial charge in [-0.05, 0) is 18.2 Å². The average Bonchev–Trinajstić information content (AvgIpc) is 2.56. The number of benzene rings is 2. The van der Waals surface area contributed by atoms with Crippen LogP contribution >= 0.6 is 0 Å². The summed E-state index contributed by atoms with van der Waals surface area (Å²) in [6.45, 7) is 7.58. The van der Waals surface area contributed by atoms with Crippen LogP contribution < -0.4 is 5.32 Å². The molecule has 1 amide bonds. The minimum Gasteiger partial charge on any atom is -0.507 e. The number of esters is 1. The lowest BCUT2D eigenvalue weighted by atomic mass is 10.0. The number of nitrogens with one attached hydrogen (secondary N) is 1. The van der Waals surface area contributed by atoms with E-state index in [4.69, 9.17) is 0 Å². The minimum atomic E-state index is -0.544. The van der Waals surface area contributed by atoms with Crippen LogP contribution in [0.2, 0.25) is 0 Å². The summed E-state index contributed by atoms with van der Waals surface area (Å²) in [5.74, 6) is -0.881. The lowest BCUT2D eigenvalue weighted by Gasteiger charge is -2.12. The molecular weight excluding hydrogens is 294 g/mol. The number of phenolic OH excluding ortho intramolecular Hbond substituents is 1. The van der Waals surface area contributed by atoms with Crippen molar-refractivity contribution in [2.45, 2.75) is 27.7 Å². The van der Waals surface area contributed by atoms with Crippen LogP contribution in [-0.2, 0) is 9.53 Å². The number of amides is 1. The smallest absolute Gasteiger partial charge is 0.338 e. The Kier molecular flexibility index (Phi) is 6.57. The maximum Gasteiger partial charge on any atom is 0.338 e. The number of hydrogen-bond acceptors (Lipinski definition) is 4. The van der Waals surface area contributed by atoms with Gasteiger partial charge in [-0.2, -0.15) is 0 Å². The third kappa shape index (κ3) is 4.22. The maximum absolute atomic E-state index is 11.9. The molecule has 0 spiro atoms. The summed E-state index contributed by atoms with van der Waals surface area (Å²) in [6.07, 6.45) is 0. The Bertz CT molecular complexity index is 707. The zero-order chi connectivity index (χ0) is 17.6. The van der Waals surface area contributed by atoms with Crippen LogP contribution in [0.3, 0.4) is 0 Å². The largest absolute Gasteiger partial charge is 0.507 e. The molecule has 5 nitrogen and oxygen atoms in total. The van der Waals surface area contributed by atoms with E-state index in [0.29, 0.717) is 16.5 Å². The van der Waals surface area contributed by atoms with Crippen molar-refractivity contribution >= 4 is 28.3 Å². The van der Waals surface area contributed by atoms with Crippen LogP contribution in [-0.4, -0.2) is 24.1 Å². The van der Waals surface area contributed by atoms with Crippen molar-refractivity contribution in [3.8, 4) is 5.75 Å². The molecule has 0 unspecified atom stereocenters. The highest BCUT2D eigenvalue weighted by atomic mass is 16.5. The fraction of sp³-hybridized carbons (Fsp3) is 0.333.